The second-order valence-corrected chi connectivity index (χ2v) is 5.67. The van der Waals surface area contributed by atoms with Gasteiger partial charge in [0.2, 0.25) is 6.43 Å². The number of carboxylic acid groups (broad SMARTS) is 1. The number of alkyl halides is 2. The second-order valence-electron chi connectivity index (χ2n) is 5.26. The van der Waals surface area contributed by atoms with Crippen LogP contribution >= 0.6 is 11.6 Å². The molecule has 1 amide bonds. The predicted octanol–water partition coefficient (Wildman–Crippen LogP) is 1.94. The van der Waals surface area contributed by atoms with E-state index in [-0.39, 0.29) is 10.6 Å². The summed E-state index contributed by atoms with van der Waals surface area (Å²) < 4.78 is 38.9. The number of nitrogens with zero attached hydrogens (tertiary/aromatic N) is 1. The largest absolute Gasteiger partial charge is 0.481 e. The number of benzene rings is 1. The molecule has 2 rings (SSSR count). The Morgan fingerprint density at radius 3 is 2.43 bits per heavy atom. The standard InChI is InChI=1S/C14H13ClF3NO4/c15-9-3-6(1-2-10(9)16)11(20)13(21)19-4-7(12(17)18)8(5-19)14(22)23/h1-3,7-8,11-12,20H,4-5H2,(H,22,23)/t7-,8-,11?/m1/s1. The number of aliphatic hydroxyl groups is 1. The minimum atomic E-state index is -2.90. The third-order valence-electron chi connectivity index (χ3n) is 3.81. The number of halogens is 4. The molecule has 126 valence electrons. The molecule has 1 aromatic carbocycles. The summed E-state index contributed by atoms with van der Waals surface area (Å²) >= 11 is 5.56. The lowest BCUT2D eigenvalue weighted by molar-refractivity contribution is -0.144. The zero-order valence-corrected chi connectivity index (χ0v) is 12.4. The highest BCUT2D eigenvalue weighted by atomic mass is 35.5. The minimum absolute atomic E-state index is 0.00577. The number of aliphatic hydroxyl groups excluding tert-OH is 1. The number of hydrogen-bond donors (Lipinski definition) is 2. The molecule has 3 atom stereocenters. The minimum Gasteiger partial charge on any atom is -0.481 e. The molecular weight excluding hydrogens is 339 g/mol. The summed E-state index contributed by atoms with van der Waals surface area (Å²) in [5.41, 5.74) is -0.00577. The molecule has 1 saturated heterocycles. The molecule has 1 aliphatic rings. The molecule has 2 N–H and O–H groups in total. The van der Waals surface area contributed by atoms with E-state index in [1.54, 1.807) is 0 Å². The third-order valence-corrected chi connectivity index (χ3v) is 4.10. The first-order chi connectivity index (χ1) is 10.7. The van der Waals surface area contributed by atoms with Gasteiger partial charge in [-0.05, 0) is 17.7 Å². The zero-order chi connectivity index (χ0) is 17.3. The molecule has 1 unspecified atom stereocenters. The molecule has 1 aromatic rings. The number of likely N-dealkylation sites (tertiary alicyclic amines) is 1. The summed E-state index contributed by atoms with van der Waals surface area (Å²) in [4.78, 5) is 24.1. The van der Waals surface area contributed by atoms with Crippen LogP contribution in [0.15, 0.2) is 18.2 Å². The monoisotopic (exact) mass is 351 g/mol. The number of carbonyl (C=O) groups excluding carboxylic acids is 1. The molecule has 0 aliphatic carbocycles. The van der Waals surface area contributed by atoms with Crippen LogP contribution in [0.1, 0.15) is 11.7 Å². The Balaban J connectivity index is 2.16. The average molecular weight is 352 g/mol. The fraction of sp³-hybridized carbons (Fsp3) is 0.429. The molecule has 0 aromatic heterocycles. The third kappa shape index (κ3) is 3.59. The lowest BCUT2D eigenvalue weighted by Crippen LogP contribution is -2.34. The van der Waals surface area contributed by atoms with E-state index in [4.69, 9.17) is 16.7 Å². The summed E-state index contributed by atoms with van der Waals surface area (Å²) in [6.07, 6.45) is -4.63. The summed E-state index contributed by atoms with van der Waals surface area (Å²) in [6.45, 7) is -0.894. The molecule has 0 saturated carbocycles. The Morgan fingerprint density at radius 2 is 1.96 bits per heavy atom. The van der Waals surface area contributed by atoms with E-state index in [0.29, 0.717) is 0 Å². The Labute approximate surface area is 134 Å². The van der Waals surface area contributed by atoms with E-state index < -0.39 is 55.1 Å². The molecule has 23 heavy (non-hydrogen) atoms. The van der Waals surface area contributed by atoms with Gasteiger partial charge in [0, 0.05) is 13.1 Å². The van der Waals surface area contributed by atoms with Crippen LogP contribution in [-0.2, 0) is 9.59 Å². The van der Waals surface area contributed by atoms with Gasteiger partial charge in [0.25, 0.3) is 5.91 Å². The summed E-state index contributed by atoms with van der Waals surface area (Å²) in [5.74, 6) is -5.99. The molecule has 1 heterocycles. The molecule has 0 spiro atoms. The van der Waals surface area contributed by atoms with Gasteiger partial charge in [0.15, 0.2) is 6.10 Å². The van der Waals surface area contributed by atoms with Crippen LogP contribution in [-0.4, -0.2) is 46.5 Å². The first-order valence-electron chi connectivity index (χ1n) is 6.65. The number of amides is 1. The van der Waals surface area contributed by atoms with Gasteiger partial charge in [-0.15, -0.1) is 0 Å². The lowest BCUT2D eigenvalue weighted by Gasteiger charge is -2.20. The van der Waals surface area contributed by atoms with Crippen molar-refractivity contribution in [3.63, 3.8) is 0 Å². The van der Waals surface area contributed by atoms with Crippen molar-refractivity contribution in [2.45, 2.75) is 12.5 Å². The van der Waals surface area contributed by atoms with Crippen molar-refractivity contribution in [1.82, 2.24) is 4.90 Å². The first kappa shape index (κ1) is 17.6. The van der Waals surface area contributed by atoms with Crippen LogP contribution in [0, 0.1) is 17.7 Å². The maximum absolute atomic E-state index is 13.1. The molecule has 1 aliphatic heterocycles. The van der Waals surface area contributed by atoms with Gasteiger partial charge in [0.05, 0.1) is 16.9 Å². The second kappa shape index (κ2) is 6.76. The van der Waals surface area contributed by atoms with Gasteiger partial charge in [-0.2, -0.15) is 0 Å². The van der Waals surface area contributed by atoms with E-state index in [2.05, 4.69) is 0 Å². The summed E-state index contributed by atoms with van der Waals surface area (Å²) in [6, 6.07) is 3.15. The molecule has 0 bridgehead atoms. The number of aliphatic carboxylic acids is 1. The van der Waals surface area contributed by atoms with Gasteiger partial charge in [-0.25, -0.2) is 13.2 Å². The van der Waals surface area contributed by atoms with E-state index in [1.165, 1.54) is 0 Å². The SMILES string of the molecule is O=C(O)[C@@H]1CN(C(=O)C(O)c2ccc(F)c(Cl)c2)C[C@H]1C(F)F. The molecule has 9 heteroatoms. The van der Waals surface area contributed by atoms with Crippen molar-refractivity contribution in [3.8, 4) is 0 Å². The molecule has 5 nitrogen and oxygen atoms in total. The van der Waals surface area contributed by atoms with E-state index >= 15 is 0 Å². The molecule has 1 fully saturated rings. The smallest absolute Gasteiger partial charge is 0.308 e. The lowest BCUT2D eigenvalue weighted by atomic mass is 9.97. The van der Waals surface area contributed by atoms with Gasteiger partial charge in [0.1, 0.15) is 5.82 Å². The summed E-state index contributed by atoms with van der Waals surface area (Å²) in [7, 11) is 0. The first-order valence-corrected chi connectivity index (χ1v) is 7.03. The van der Waals surface area contributed by atoms with Gasteiger partial charge >= 0.3 is 5.97 Å². The van der Waals surface area contributed by atoms with E-state index in [1.807, 2.05) is 0 Å². The van der Waals surface area contributed by atoms with Crippen LogP contribution in [0.5, 0.6) is 0 Å². The van der Waals surface area contributed by atoms with Crippen molar-refractivity contribution in [1.29, 1.82) is 0 Å². The quantitative estimate of drug-likeness (QED) is 0.869. The van der Waals surface area contributed by atoms with Crippen LogP contribution in [0.2, 0.25) is 5.02 Å². The Kier molecular flexibility index (Phi) is 5.16. The zero-order valence-electron chi connectivity index (χ0n) is 11.6. The Hall–Kier alpha value is -1.80. The number of carbonyl (C=O) groups is 2. The van der Waals surface area contributed by atoms with Crippen LogP contribution in [0.3, 0.4) is 0 Å². The van der Waals surface area contributed by atoms with Crippen molar-refractivity contribution < 1.29 is 33.0 Å². The predicted molar refractivity (Wildman–Crippen MR) is 73.6 cm³/mol. The number of hydrogen-bond acceptors (Lipinski definition) is 3. The Bertz CT molecular complexity index is 628. The molecular formula is C14H13ClF3NO4. The maximum Gasteiger partial charge on any atom is 0.308 e. The van der Waals surface area contributed by atoms with E-state index in [9.17, 15) is 27.9 Å². The number of carboxylic acids is 1. The van der Waals surface area contributed by atoms with Crippen molar-refractivity contribution in [2.75, 3.05) is 13.1 Å². The van der Waals surface area contributed by atoms with Crippen molar-refractivity contribution >= 4 is 23.5 Å². The van der Waals surface area contributed by atoms with Gasteiger partial charge < -0.3 is 15.1 Å². The van der Waals surface area contributed by atoms with Crippen LogP contribution in [0.25, 0.3) is 0 Å². The number of rotatable bonds is 4. The van der Waals surface area contributed by atoms with E-state index in [0.717, 1.165) is 23.1 Å². The normalized spacial score (nSPS) is 22.4. The highest BCUT2D eigenvalue weighted by Gasteiger charge is 2.45. The van der Waals surface area contributed by atoms with Crippen LogP contribution in [0.4, 0.5) is 13.2 Å². The molecule has 0 radical (unpaired) electrons. The van der Waals surface area contributed by atoms with Crippen LogP contribution < -0.4 is 0 Å². The van der Waals surface area contributed by atoms with Crippen molar-refractivity contribution in [2.24, 2.45) is 11.8 Å². The fourth-order valence-corrected chi connectivity index (χ4v) is 2.71. The topological polar surface area (TPSA) is 77.8 Å². The highest BCUT2D eigenvalue weighted by Crippen LogP contribution is 2.31. The maximum atomic E-state index is 13.1. The van der Waals surface area contributed by atoms with Crippen molar-refractivity contribution in [3.05, 3.63) is 34.6 Å². The van der Waals surface area contributed by atoms with Gasteiger partial charge in [-0.3, -0.25) is 9.59 Å². The summed E-state index contributed by atoms with van der Waals surface area (Å²) in [5, 5.41) is 18.7. The Morgan fingerprint density at radius 1 is 1.30 bits per heavy atom. The average Bonchev–Trinajstić information content (AvgIpc) is 2.94. The fourth-order valence-electron chi connectivity index (χ4n) is 2.52. The van der Waals surface area contributed by atoms with Gasteiger partial charge in [-0.1, -0.05) is 17.7 Å². The highest BCUT2D eigenvalue weighted by molar-refractivity contribution is 6.30.